The molecule has 2 N–H and O–H groups in total. The van der Waals surface area contributed by atoms with Crippen molar-refractivity contribution in [1.82, 2.24) is 15.8 Å². The standard InChI is InChI=1S/C26H30F3N3O6/c1-24(2,3)38-23(35)32-19(15-37-25(32,4)5)22(34)31-30-21(33)17-11-12-20(18(13-17)26(27,28)29)36-14-16-9-7-6-8-10-16/h6-13,19H,14-15H2,1-5H3,(H,30,33)(H,31,34)/t19-/m0/s1. The summed E-state index contributed by atoms with van der Waals surface area (Å²) in [5.74, 6) is -2.26. The maximum absolute atomic E-state index is 13.7. The lowest BCUT2D eigenvalue weighted by molar-refractivity contribution is -0.139. The number of alkyl halides is 3. The number of carbonyl (C=O) groups is 3. The van der Waals surface area contributed by atoms with E-state index in [4.69, 9.17) is 14.2 Å². The minimum absolute atomic E-state index is 0.0977. The Morgan fingerprint density at radius 3 is 2.32 bits per heavy atom. The van der Waals surface area contributed by atoms with Crippen LogP contribution in [0.15, 0.2) is 48.5 Å². The van der Waals surface area contributed by atoms with Crippen LogP contribution in [0.2, 0.25) is 0 Å². The molecule has 9 nitrogen and oxygen atoms in total. The number of halogens is 3. The van der Waals surface area contributed by atoms with Crippen molar-refractivity contribution >= 4 is 17.9 Å². The second kappa shape index (κ2) is 10.9. The molecule has 0 spiro atoms. The Labute approximate surface area is 218 Å². The molecule has 0 radical (unpaired) electrons. The summed E-state index contributed by atoms with van der Waals surface area (Å²) < 4.78 is 57.4. The Hall–Kier alpha value is -3.80. The van der Waals surface area contributed by atoms with E-state index < -0.39 is 52.8 Å². The van der Waals surface area contributed by atoms with Gasteiger partial charge in [-0.15, -0.1) is 0 Å². The predicted molar refractivity (Wildman–Crippen MR) is 130 cm³/mol. The van der Waals surface area contributed by atoms with E-state index in [0.29, 0.717) is 11.6 Å². The third-order valence-corrected chi connectivity index (χ3v) is 5.46. The largest absolute Gasteiger partial charge is 0.488 e. The molecule has 3 amide bonds. The van der Waals surface area contributed by atoms with Crippen LogP contribution in [0.4, 0.5) is 18.0 Å². The van der Waals surface area contributed by atoms with Gasteiger partial charge in [0.2, 0.25) is 0 Å². The molecule has 0 bridgehead atoms. The van der Waals surface area contributed by atoms with E-state index in [9.17, 15) is 27.6 Å². The summed E-state index contributed by atoms with van der Waals surface area (Å²) in [5.41, 5.74) is 1.39. The molecule has 38 heavy (non-hydrogen) atoms. The van der Waals surface area contributed by atoms with Gasteiger partial charge in [-0.1, -0.05) is 30.3 Å². The number of hydrazine groups is 1. The molecular weight excluding hydrogens is 507 g/mol. The van der Waals surface area contributed by atoms with Gasteiger partial charge in [-0.05, 0) is 58.4 Å². The van der Waals surface area contributed by atoms with Crippen LogP contribution in [0.5, 0.6) is 5.75 Å². The zero-order chi connectivity index (χ0) is 28.3. The Morgan fingerprint density at radius 2 is 1.71 bits per heavy atom. The van der Waals surface area contributed by atoms with E-state index in [1.165, 1.54) is 0 Å². The van der Waals surface area contributed by atoms with Crippen molar-refractivity contribution in [3.8, 4) is 5.75 Å². The minimum Gasteiger partial charge on any atom is -0.488 e. The van der Waals surface area contributed by atoms with E-state index in [1.54, 1.807) is 65.0 Å². The van der Waals surface area contributed by atoms with E-state index in [0.717, 1.165) is 17.0 Å². The summed E-state index contributed by atoms with van der Waals surface area (Å²) in [6, 6.07) is 10.3. The molecule has 2 aromatic rings. The van der Waals surface area contributed by atoms with E-state index in [1.807, 2.05) is 0 Å². The molecule has 0 aliphatic carbocycles. The first-order valence-electron chi connectivity index (χ1n) is 11.7. The molecule has 0 aromatic heterocycles. The van der Waals surface area contributed by atoms with E-state index in [2.05, 4.69) is 10.9 Å². The molecule has 1 aliphatic rings. The zero-order valence-electron chi connectivity index (χ0n) is 21.6. The number of benzene rings is 2. The first-order chi connectivity index (χ1) is 17.6. The smallest absolute Gasteiger partial charge is 0.419 e. The fraction of sp³-hybridized carbons (Fsp3) is 0.423. The number of nitrogens with one attached hydrogen (secondary N) is 2. The normalized spacial score (nSPS) is 17.1. The third-order valence-electron chi connectivity index (χ3n) is 5.46. The second-order valence-corrected chi connectivity index (χ2v) is 10.1. The highest BCUT2D eigenvalue weighted by atomic mass is 19.4. The average molecular weight is 538 g/mol. The molecular formula is C26H30F3N3O6. The Bertz CT molecular complexity index is 1180. The third kappa shape index (κ3) is 7.15. The highest BCUT2D eigenvalue weighted by Gasteiger charge is 2.49. The van der Waals surface area contributed by atoms with Crippen LogP contribution in [-0.4, -0.2) is 46.8 Å². The lowest BCUT2D eigenvalue weighted by Crippen LogP contribution is -2.57. The molecule has 1 heterocycles. The molecule has 1 fully saturated rings. The molecule has 0 saturated carbocycles. The van der Waals surface area contributed by atoms with Gasteiger partial charge in [0.05, 0.1) is 12.2 Å². The van der Waals surface area contributed by atoms with Crippen molar-refractivity contribution in [2.75, 3.05) is 6.61 Å². The minimum atomic E-state index is -4.80. The SMILES string of the molecule is CC(C)(C)OC(=O)N1[C@H](C(=O)NNC(=O)c2ccc(OCc3ccccc3)c(C(F)(F)F)c2)COC1(C)C. The molecule has 1 saturated heterocycles. The van der Waals surface area contributed by atoms with Gasteiger partial charge < -0.3 is 14.2 Å². The maximum atomic E-state index is 13.7. The van der Waals surface area contributed by atoms with Crippen LogP contribution < -0.4 is 15.6 Å². The number of nitrogens with zero attached hydrogens (tertiary/aromatic N) is 1. The van der Waals surface area contributed by atoms with Gasteiger partial charge in [0.15, 0.2) is 0 Å². The predicted octanol–water partition coefficient (Wildman–Crippen LogP) is 4.42. The summed E-state index contributed by atoms with van der Waals surface area (Å²) in [5, 5.41) is 0. The Balaban J connectivity index is 1.70. The Morgan fingerprint density at radius 1 is 1.05 bits per heavy atom. The first-order valence-corrected chi connectivity index (χ1v) is 11.7. The van der Waals surface area contributed by atoms with Gasteiger partial charge >= 0.3 is 12.3 Å². The van der Waals surface area contributed by atoms with Crippen LogP contribution in [0.25, 0.3) is 0 Å². The van der Waals surface area contributed by atoms with Crippen molar-refractivity contribution in [1.29, 1.82) is 0 Å². The van der Waals surface area contributed by atoms with E-state index in [-0.39, 0.29) is 18.8 Å². The Kier molecular flexibility index (Phi) is 8.25. The number of hydrogen-bond donors (Lipinski definition) is 2. The molecule has 12 heteroatoms. The van der Waals surface area contributed by atoms with Gasteiger partial charge in [-0.25, -0.2) is 4.79 Å². The maximum Gasteiger partial charge on any atom is 0.419 e. The molecule has 1 aliphatic heterocycles. The molecule has 2 aromatic carbocycles. The van der Waals surface area contributed by atoms with Gasteiger partial charge in [-0.3, -0.25) is 25.3 Å². The van der Waals surface area contributed by atoms with Gasteiger partial charge in [0.25, 0.3) is 11.8 Å². The lowest BCUT2D eigenvalue weighted by Gasteiger charge is -2.34. The van der Waals surface area contributed by atoms with Gasteiger partial charge in [0.1, 0.15) is 29.7 Å². The average Bonchev–Trinajstić information content (AvgIpc) is 3.15. The second-order valence-electron chi connectivity index (χ2n) is 10.1. The van der Waals surface area contributed by atoms with Crippen LogP contribution in [-0.2, 0) is 27.1 Å². The highest BCUT2D eigenvalue weighted by molar-refractivity contribution is 5.96. The van der Waals surface area contributed by atoms with Crippen molar-refractivity contribution in [3.05, 3.63) is 65.2 Å². The fourth-order valence-corrected chi connectivity index (χ4v) is 3.68. The van der Waals surface area contributed by atoms with Crippen molar-refractivity contribution in [2.24, 2.45) is 0 Å². The van der Waals surface area contributed by atoms with Crippen LogP contribution in [0, 0.1) is 0 Å². The summed E-state index contributed by atoms with van der Waals surface area (Å²) in [7, 11) is 0. The molecule has 0 unspecified atom stereocenters. The number of rotatable bonds is 5. The van der Waals surface area contributed by atoms with Crippen molar-refractivity contribution < 1.29 is 41.8 Å². The van der Waals surface area contributed by atoms with Crippen LogP contribution in [0.3, 0.4) is 0 Å². The number of ether oxygens (including phenoxy) is 3. The monoisotopic (exact) mass is 537 g/mol. The van der Waals surface area contributed by atoms with Gasteiger partial charge in [-0.2, -0.15) is 13.2 Å². The van der Waals surface area contributed by atoms with Gasteiger partial charge in [0, 0.05) is 5.56 Å². The van der Waals surface area contributed by atoms with Crippen LogP contribution >= 0.6 is 0 Å². The summed E-state index contributed by atoms with van der Waals surface area (Å²) in [6.07, 6.45) is -5.60. The molecule has 3 rings (SSSR count). The van der Waals surface area contributed by atoms with E-state index >= 15 is 0 Å². The van der Waals surface area contributed by atoms with Crippen LogP contribution in [0.1, 0.15) is 56.1 Å². The molecule has 1 atom stereocenters. The number of hydrogen-bond acceptors (Lipinski definition) is 6. The number of amides is 3. The quantitative estimate of drug-likeness (QED) is 0.547. The van der Waals surface area contributed by atoms with Crippen molar-refractivity contribution in [2.45, 2.75) is 64.8 Å². The zero-order valence-corrected chi connectivity index (χ0v) is 21.6. The summed E-state index contributed by atoms with van der Waals surface area (Å²) >= 11 is 0. The highest BCUT2D eigenvalue weighted by Crippen LogP contribution is 2.37. The molecule has 206 valence electrons. The summed E-state index contributed by atoms with van der Waals surface area (Å²) in [6.45, 7) is 7.86. The summed E-state index contributed by atoms with van der Waals surface area (Å²) in [4.78, 5) is 39.2. The first kappa shape index (κ1) is 28.8. The fourth-order valence-electron chi connectivity index (χ4n) is 3.68. The van der Waals surface area contributed by atoms with Crippen molar-refractivity contribution in [3.63, 3.8) is 0 Å². The lowest BCUT2D eigenvalue weighted by atomic mass is 10.1. The number of carbonyl (C=O) groups excluding carboxylic acids is 3. The topological polar surface area (TPSA) is 106 Å².